The molecule has 2 saturated heterocycles. The number of fused-ring (bicyclic) bond motifs is 1. The van der Waals surface area contributed by atoms with Gasteiger partial charge in [-0.05, 0) is 93.1 Å². The number of sulfone groups is 1. The summed E-state index contributed by atoms with van der Waals surface area (Å²) in [7, 11) is -2.15. The molecule has 4 aliphatic rings. The number of hydrogen-bond donors (Lipinski definition) is 1. The number of piperidine rings is 1. The van der Waals surface area contributed by atoms with Crippen molar-refractivity contribution in [3.63, 3.8) is 0 Å². The van der Waals surface area contributed by atoms with Crippen LogP contribution in [0.3, 0.4) is 0 Å². The predicted molar refractivity (Wildman–Crippen MR) is 174 cm³/mol. The molecule has 4 fully saturated rings. The number of hydrogen-bond acceptors (Lipinski definition) is 8. The van der Waals surface area contributed by atoms with Gasteiger partial charge in [0.25, 0.3) is 0 Å². The normalized spacial score (nSPS) is 26.3. The zero-order valence-electron chi connectivity index (χ0n) is 26.3. The van der Waals surface area contributed by atoms with Crippen LogP contribution in [0.2, 0.25) is 0 Å². The standard InChI is InChI=1S/C36H41N5O4S/c1-45-33(42)39-35-17-5-16-34(35,25-35)36(26-37,28-6-3-2-4-7-28)29-14-20-40(21-15-29)22-27-23-41(24-27)30-8-10-31(11-9-30)46(43,44)32-12-18-38-19-13-32/h2-4,6-13,18-19,27,29H,5,14-17,20-25H2,1H3,(H,39,42)/t34-,35+,36?/m1/s1. The summed E-state index contributed by atoms with van der Waals surface area (Å²) >= 11 is 0. The van der Waals surface area contributed by atoms with E-state index in [1.165, 1.54) is 31.6 Å². The molecule has 3 atom stereocenters. The molecule has 46 heavy (non-hydrogen) atoms. The minimum Gasteiger partial charge on any atom is -0.453 e. The highest BCUT2D eigenvalue weighted by molar-refractivity contribution is 7.91. The lowest BCUT2D eigenvalue weighted by Gasteiger charge is -2.48. The third-order valence-corrected chi connectivity index (χ3v) is 13.2. The Labute approximate surface area is 271 Å². The zero-order valence-corrected chi connectivity index (χ0v) is 27.1. The summed E-state index contributed by atoms with van der Waals surface area (Å²) < 4.78 is 30.9. The minimum atomic E-state index is -3.56. The van der Waals surface area contributed by atoms with Crippen LogP contribution in [0.15, 0.2) is 88.9 Å². The van der Waals surface area contributed by atoms with E-state index in [2.05, 4.69) is 38.3 Å². The van der Waals surface area contributed by atoms with E-state index >= 15 is 0 Å². The Hall–Kier alpha value is -3.94. The van der Waals surface area contributed by atoms with Crippen molar-refractivity contribution in [3.8, 4) is 6.07 Å². The van der Waals surface area contributed by atoms with Crippen LogP contribution >= 0.6 is 0 Å². The van der Waals surface area contributed by atoms with E-state index in [4.69, 9.17) is 4.74 Å². The van der Waals surface area contributed by atoms with Gasteiger partial charge >= 0.3 is 6.09 Å². The van der Waals surface area contributed by atoms with Crippen molar-refractivity contribution in [1.82, 2.24) is 15.2 Å². The van der Waals surface area contributed by atoms with Crippen molar-refractivity contribution in [3.05, 3.63) is 84.7 Å². The number of alkyl carbamates (subject to hydrolysis) is 1. The molecular formula is C36H41N5O4S. The van der Waals surface area contributed by atoms with Gasteiger partial charge in [0.15, 0.2) is 0 Å². The molecule has 2 aliphatic carbocycles. The van der Waals surface area contributed by atoms with E-state index in [0.29, 0.717) is 5.92 Å². The highest BCUT2D eigenvalue weighted by Crippen LogP contribution is 2.76. The van der Waals surface area contributed by atoms with Crippen LogP contribution in [0.25, 0.3) is 0 Å². The molecule has 9 nitrogen and oxygen atoms in total. The molecule has 10 heteroatoms. The average Bonchev–Trinajstić information content (AvgIpc) is 3.57. The molecule has 0 bridgehead atoms. The van der Waals surface area contributed by atoms with Crippen LogP contribution in [0.4, 0.5) is 10.5 Å². The smallest absolute Gasteiger partial charge is 0.407 e. The van der Waals surface area contributed by atoms with Gasteiger partial charge in [0, 0.05) is 49.0 Å². The number of amides is 1. The quantitative estimate of drug-likeness (QED) is 0.340. The van der Waals surface area contributed by atoms with E-state index in [0.717, 1.165) is 82.5 Å². The Balaban J connectivity index is 0.990. The first-order valence-corrected chi connectivity index (χ1v) is 17.8. The first kappa shape index (κ1) is 30.7. The molecular weight excluding hydrogens is 598 g/mol. The van der Waals surface area contributed by atoms with Crippen molar-refractivity contribution in [2.45, 2.75) is 59.3 Å². The highest BCUT2D eigenvalue weighted by Gasteiger charge is 2.80. The Morgan fingerprint density at radius 3 is 2.35 bits per heavy atom. The first-order chi connectivity index (χ1) is 22.3. The average molecular weight is 640 g/mol. The number of methoxy groups -OCH3 is 1. The van der Waals surface area contributed by atoms with Gasteiger partial charge in [0.2, 0.25) is 9.84 Å². The van der Waals surface area contributed by atoms with Crippen molar-refractivity contribution in [1.29, 1.82) is 5.26 Å². The van der Waals surface area contributed by atoms with Gasteiger partial charge in [-0.3, -0.25) is 4.98 Å². The molecule has 1 amide bonds. The number of likely N-dealkylation sites (tertiary alicyclic amines) is 1. The van der Waals surface area contributed by atoms with Crippen molar-refractivity contribution in [2.24, 2.45) is 17.3 Å². The Morgan fingerprint density at radius 2 is 1.70 bits per heavy atom. The molecule has 1 N–H and O–H groups in total. The second-order valence-electron chi connectivity index (χ2n) is 13.6. The molecule has 0 radical (unpaired) electrons. The number of benzene rings is 2. The number of nitrogens with one attached hydrogen (secondary N) is 1. The van der Waals surface area contributed by atoms with Gasteiger partial charge in [0.05, 0.1) is 33.9 Å². The van der Waals surface area contributed by atoms with Gasteiger partial charge < -0.3 is 19.9 Å². The van der Waals surface area contributed by atoms with E-state index in [-0.39, 0.29) is 26.7 Å². The predicted octanol–water partition coefficient (Wildman–Crippen LogP) is 5.19. The lowest BCUT2D eigenvalue weighted by molar-refractivity contribution is 0.0871. The Bertz CT molecular complexity index is 1720. The summed E-state index contributed by atoms with van der Waals surface area (Å²) in [6, 6.07) is 23.4. The summed E-state index contributed by atoms with van der Waals surface area (Å²) in [5, 5.41) is 14.3. The number of ether oxygens (including phenoxy) is 1. The van der Waals surface area contributed by atoms with Gasteiger partial charge in [-0.25, -0.2) is 13.2 Å². The summed E-state index contributed by atoms with van der Waals surface area (Å²) in [6.45, 7) is 4.79. The molecule has 3 aromatic rings. The second-order valence-corrected chi connectivity index (χ2v) is 15.6. The van der Waals surface area contributed by atoms with Crippen LogP contribution in [-0.2, 0) is 20.0 Å². The number of aromatic nitrogens is 1. The van der Waals surface area contributed by atoms with Crippen LogP contribution in [0.1, 0.15) is 44.1 Å². The fourth-order valence-electron chi connectivity index (χ4n) is 9.17. The minimum absolute atomic E-state index is 0.204. The number of rotatable bonds is 9. The fourth-order valence-corrected chi connectivity index (χ4v) is 10.4. The maximum atomic E-state index is 12.9. The summed E-state index contributed by atoms with van der Waals surface area (Å²) in [4.78, 5) is 21.7. The Kier molecular flexibility index (Phi) is 7.81. The molecule has 2 aliphatic heterocycles. The number of anilines is 1. The highest BCUT2D eigenvalue weighted by atomic mass is 32.2. The molecule has 3 heterocycles. The lowest BCUT2D eigenvalue weighted by atomic mass is 9.57. The number of carbonyl (C=O) groups is 1. The number of pyridine rings is 1. The third-order valence-electron chi connectivity index (χ3n) is 11.4. The molecule has 1 aromatic heterocycles. The van der Waals surface area contributed by atoms with E-state index in [1.54, 1.807) is 12.1 Å². The second kappa shape index (κ2) is 11.7. The largest absolute Gasteiger partial charge is 0.453 e. The topological polar surface area (TPSA) is 116 Å². The SMILES string of the molecule is COC(=O)N[C@]12CCC[C@@]1(C(C#N)(c1ccccc1)C1CCN(CC3CN(c4ccc(S(=O)(=O)c5ccncc5)cc4)C3)CC1)C2. The number of nitriles is 1. The number of carbonyl (C=O) groups excluding carboxylic acids is 1. The van der Waals surface area contributed by atoms with E-state index in [9.17, 15) is 18.5 Å². The van der Waals surface area contributed by atoms with Crippen molar-refractivity contribution < 1.29 is 17.9 Å². The summed E-state index contributed by atoms with van der Waals surface area (Å²) in [5.74, 6) is 0.746. The van der Waals surface area contributed by atoms with Crippen LogP contribution in [0, 0.1) is 28.6 Å². The van der Waals surface area contributed by atoms with Crippen molar-refractivity contribution >= 4 is 21.6 Å². The first-order valence-electron chi connectivity index (χ1n) is 16.3. The maximum absolute atomic E-state index is 12.9. The van der Waals surface area contributed by atoms with Gasteiger partial charge in [0.1, 0.15) is 0 Å². The van der Waals surface area contributed by atoms with Gasteiger partial charge in [-0.15, -0.1) is 0 Å². The molecule has 2 saturated carbocycles. The van der Waals surface area contributed by atoms with Crippen LogP contribution in [-0.4, -0.2) is 69.8 Å². The molecule has 7 rings (SSSR count). The number of nitrogens with zero attached hydrogens (tertiary/aromatic N) is 4. The maximum Gasteiger partial charge on any atom is 0.407 e. The third kappa shape index (κ3) is 4.87. The lowest BCUT2D eigenvalue weighted by Crippen LogP contribution is -2.55. The molecule has 0 spiro atoms. The van der Waals surface area contributed by atoms with E-state index < -0.39 is 21.3 Å². The van der Waals surface area contributed by atoms with Crippen molar-refractivity contribution in [2.75, 3.05) is 44.7 Å². The Morgan fingerprint density at radius 1 is 1.02 bits per heavy atom. The summed E-state index contributed by atoms with van der Waals surface area (Å²) in [5.41, 5.74) is 0.802. The molecule has 240 valence electrons. The monoisotopic (exact) mass is 639 g/mol. The van der Waals surface area contributed by atoms with Crippen LogP contribution < -0.4 is 10.2 Å². The van der Waals surface area contributed by atoms with E-state index in [1.807, 2.05) is 30.3 Å². The zero-order chi connectivity index (χ0) is 32.0. The molecule has 1 unspecified atom stereocenters. The molecule has 2 aromatic carbocycles. The van der Waals surface area contributed by atoms with Crippen LogP contribution in [0.5, 0.6) is 0 Å². The van der Waals surface area contributed by atoms with Gasteiger partial charge in [-0.2, -0.15) is 5.26 Å². The van der Waals surface area contributed by atoms with Gasteiger partial charge in [-0.1, -0.05) is 36.8 Å². The fraction of sp³-hybridized carbons (Fsp3) is 0.472. The summed E-state index contributed by atoms with van der Waals surface area (Å²) in [6.07, 6.45) is 8.12.